The molecule has 0 unspecified atom stereocenters. The maximum Gasteiger partial charge on any atom is 0.273 e. The largest absolute Gasteiger partial charge is 0.489 e. The van der Waals surface area contributed by atoms with Crippen LogP contribution in [0.4, 0.5) is 4.39 Å². The molecule has 4 nitrogen and oxygen atoms in total. The summed E-state index contributed by atoms with van der Waals surface area (Å²) in [7, 11) is 0. The fraction of sp³-hybridized carbons (Fsp3) is 0.238. The average Bonchev–Trinajstić information content (AvgIpc) is 3.18. The van der Waals surface area contributed by atoms with Crippen LogP contribution < -0.4 is 4.74 Å². The van der Waals surface area contributed by atoms with Crippen LogP contribution in [0.2, 0.25) is 5.02 Å². The Hall–Kier alpha value is -2.44. The Morgan fingerprint density at radius 1 is 1.18 bits per heavy atom. The molecule has 0 bridgehead atoms. The van der Waals surface area contributed by atoms with E-state index in [0.29, 0.717) is 46.7 Å². The van der Waals surface area contributed by atoms with Crippen molar-refractivity contribution >= 4 is 28.8 Å². The van der Waals surface area contributed by atoms with Crippen LogP contribution in [0.15, 0.2) is 47.8 Å². The summed E-state index contributed by atoms with van der Waals surface area (Å²) in [6, 6.07) is 11.9. The van der Waals surface area contributed by atoms with Crippen molar-refractivity contribution in [1.29, 1.82) is 0 Å². The number of ether oxygens (including phenoxy) is 1. The second-order valence-electron chi connectivity index (χ2n) is 6.07. The van der Waals surface area contributed by atoms with E-state index in [1.807, 2.05) is 26.0 Å². The monoisotopic (exact) mass is 418 g/mol. The molecule has 7 heteroatoms. The van der Waals surface area contributed by atoms with Crippen LogP contribution in [0, 0.1) is 5.82 Å². The number of carbonyl (C=O) groups excluding carboxylic acids is 1. The van der Waals surface area contributed by atoms with E-state index in [-0.39, 0.29) is 5.91 Å². The van der Waals surface area contributed by atoms with E-state index in [1.165, 1.54) is 17.4 Å². The van der Waals surface area contributed by atoms with Crippen molar-refractivity contribution in [1.82, 2.24) is 9.88 Å². The SMILES string of the molecule is CCN(CC)C(=O)c1csc(-c2ccc(OCc3ccc(Cl)cc3)cc2F)n1. The Balaban J connectivity index is 1.72. The first-order valence-corrected chi connectivity index (χ1v) is 10.2. The van der Waals surface area contributed by atoms with Crippen molar-refractivity contribution < 1.29 is 13.9 Å². The Labute approximate surface area is 172 Å². The third-order valence-electron chi connectivity index (χ3n) is 4.26. The molecule has 0 aliphatic carbocycles. The Morgan fingerprint density at radius 3 is 2.54 bits per heavy atom. The van der Waals surface area contributed by atoms with Crippen LogP contribution in [-0.2, 0) is 6.61 Å². The zero-order chi connectivity index (χ0) is 20.1. The quantitative estimate of drug-likeness (QED) is 0.497. The number of benzene rings is 2. The van der Waals surface area contributed by atoms with Gasteiger partial charge in [0.15, 0.2) is 0 Å². The van der Waals surface area contributed by atoms with Crippen molar-refractivity contribution in [3.63, 3.8) is 0 Å². The Bertz CT molecular complexity index is 955. The predicted octanol–water partition coefficient (Wildman–Crippen LogP) is 5.66. The summed E-state index contributed by atoms with van der Waals surface area (Å²) < 4.78 is 20.2. The predicted molar refractivity (Wildman–Crippen MR) is 111 cm³/mol. The van der Waals surface area contributed by atoms with Gasteiger partial charge in [-0.15, -0.1) is 11.3 Å². The van der Waals surface area contributed by atoms with E-state index in [0.717, 1.165) is 5.56 Å². The molecular formula is C21H20ClFN2O2S. The van der Waals surface area contributed by atoms with Crippen molar-refractivity contribution in [3.8, 4) is 16.3 Å². The molecule has 0 atom stereocenters. The first-order valence-electron chi connectivity index (χ1n) is 8.93. The van der Waals surface area contributed by atoms with Crippen molar-refractivity contribution in [2.75, 3.05) is 13.1 Å². The molecule has 1 heterocycles. The van der Waals surface area contributed by atoms with E-state index >= 15 is 0 Å². The Morgan fingerprint density at radius 2 is 1.89 bits per heavy atom. The summed E-state index contributed by atoms with van der Waals surface area (Å²) in [4.78, 5) is 18.4. The standard InChI is InChI=1S/C21H20ClFN2O2S/c1-3-25(4-2)21(26)19-13-28-20(24-19)17-10-9-16(11-18(17)23)27-12-14-5-7-15(22)8-6-14/h5-11,13H,3-4,12H2,1-2H3. The third-order valence-corrected chi connectivity index (χ3v) is 5.39. The van der Waals surface area contributed by atoms with E-state index in [2.05, 4.69) is 4.98 Å². The molecule has 0 saturated carbocycles. The van der Waals surface area contributed by atoms with Gasteiger partial charge in [0.2, 0.25) is 0 Å². The van der Waals surface area contributed by atoms with Gasteiger partial charge in [-0.05, 0) is 43.7 Å². The van der Waals surface area contributed by atoms with Gasteiger partial charge in [-0.2, -0.15) is 0 Å². The molecule has 3 aromatic rings. The van der Waals surface area contributed by atoms with Crippen molar-refractivity contribution in [3.05, 3.63) is 69.9 Å². The highest BCUT2D eigenvalue weighted by atomic mass is 35.5. The molecular weight excluding hydrogens is 399 g/mol. The molecule has 2 aromatic carbocycles. The Kier molecular flexibility index (Phi) is 6.65. The number of amides is 1. The fourth-order valence-corrected chi connectivity index (χ4v) is 3.62. The highest BCUT2D eigenvalue weighted by molar-refractivity contribution is 7.13. The molecule has 0 aliphatic rings. The number of halogens is 2. The van der Waals surface area contributed by atoms with E-state index in [4.69, 9.17) is 16.3 Å². The van der Waals surface area contributed by atoms with Crippen LogP contribution >= 0.6 is 22.9 Å². The second-order valence-corrected chi connectivity index (χ2v) is 7.37. The van der Waals surface area contributed by atoms with E-state index < -0.39 is 5.82 Å². The van der Waals surface area contributed by atoms with Crippen molar-refractivity contribution in [2.24, 2.45) is 0 Å². The molecule has 3 rings (SSSR count). The molecule has 0 spiro atoms. The second kappa shape index (κ2) is 9.17. The lowest BCUT2D eigenvalue weighted by Gasteiger charge is -2.16. The fourth-order valence-electron chi connectivity index (χ4n) is 2.67. The number of rotatable bonds is 7. The number of hydrogen-bond donors (Lipinski definition) is 0. The average molecular weight is 419 g/mol. The highest BCUT2D eigenvalue weighted by Gasteiger charge is 2.18. The smallest absolute Gasteiger partial charge is 0.273 e. The maximum absolute atomic E-state index is 14.6. The van der Waals surface area contributed by atoms with Gasteiger partial charge in [-0.3, -0.25) is 4.79 Å². The molecule has 146 valence electrons. The van der Waals surface area contributed by atoms with Gasteiger partial charge in [0, 0.05) is 35.1 Å². The van der Waals surface area contributed by atoms with Crippen molar-refractivity contribution in [2.45, 2.75) is 20.5 Å². The lowest BCUT2D eigenvalue weighted by atomic mass is 10.2. The van der Waals surface area contributed by atoms with Crippen LogP contribution in [0.25, 0.3) is 10.6 Å². The highest BCUT2D eigenvalue weighted by Crippen LogP contribution is 2.29. The summed E-state index contributed by atoms with van der Waals surface area (Å²) in [5, 5.41) is 2.79. The molecule has 0 saturated heterocycles. The van der Waals surface area contributed by atoms with Crippen LogP contribution in [-0.4, -0.2) is 28.9 Å². The van der Waals surface area contributed by atoms with E-state index in [1.54, 1.807) is 34.5 Å². The summed E-state index contributed by atoms with van der Waals surface area (Å²) >= 11 is 7.11. The zero-order valence-electron chi connectivity index (χ0n) is 15.6. The van der Waals surface area contributed by atoms with Gasteiger partial charge < -0.3 is 9.64 Å². The van der Waals surface area contributed by atoms with Crippen LogP contribution in [0.5, 0.6) is 5.75 Å². The normalized spacial score (nSPS) is 10.7. The molecule has 1 aromatic heterocycles. The molecule has 0 radical (unpaired) electrons. The topological polar surface area (TPSA) is 42.4 Å². The first kappa shape index (κ1) is 20.3. The summed E-state index contributed by atoms with van der Waals surface area (Å²) in [6.07, 6.45) is 0. The minimum absolute atomic E-state index is 0.143. The van der Waals surface area contributed by atoms with Gasteiger partial charge in [-0.25, -0.2) is 9.37 Å². The minimum atomic E-state index is -0.440. The number of aromatic nitrogens is 1. The zero-order valence-corrected chi connectivity index (χ0v) is 17.2. The third kappa shape index (κ3) is 4.69. The molecule has 28 heavy (non-hydrogen) atoms. The number of hydrogen-bond acceptors (Lipinski definition) is 4. The minimum Gasteiger partial charge on any atom is -0.489 e. The molecule has 0 N–H and O–H groups in total. The number of nitrogens with zero attached hydrogens (tertiary/aromatic N) is 2. The van der Waals surface area contributed by atoms with Gasteiger partial charge >= 0.3 is 0 Å². The molecule has 1 amide bonds. The summed E-state index contributed by atoms with van der Waals surface area (Å²) in [5.74, 6) is -0.159. The molecule has 0 fully saturated rings. The molecule has 0 aliphatic heterocycles. The van der Waals surface area contributed by atoms with Crippen LogP contribution in [0.1, 0.15) is 29.9 Å². The maximum atomic E-state index is 14.6. The summed E-state index contributed by atoms with van der Waals surface area (Å²) in [6.45, 7) is 5.36. The van der Waals surface area contributed by atoms with Gasteiger partial charge in [-0.1, -0.05) is 23.7 Å². The number of carbonyl (C=O) groups is 1. The van der Waals surface area contributed by atoms with Crippen LogP contribution in [0.3, 0.4) is 0 Å². The van der Waals surface area contributed by atoms with Gasteiger partial charge in [0.25, 0.3) is 5.91 Å². The van der Waals surface area contributed by atoms with Gasteiger partial charge in [0.05, 0.1) is 0 Å². The van der Waals surface area contributed by atoms with E-state index in [9.17, 15) is 9.18 Å². The lowest BCUT2D eigenvalue weighted by Crippen LogP contribution is -2.30. The van der Waals surface area contributed by atoms with Gasteiger partial charge in [0.1, 0.15) is 28.9 Å². The number of thiazole rings is 1. The summed E-state index contributed by atoms with van der Waals surface area (Å²) in [5.41, 5.74) is 1.63. The lowest BCUT2D eigenvalue weighted by molar-refractivity contribution is 0.0768. The first-order chi connectivity index (χ1) is 13.5.